The Kier molecular flexibility index (Phi) is 6.99. The third-order valence-corrected chi connectivity index (χ3v) is 9.72. The van der Waals surface area contributed by atoms with Crippen molar-refractivity contribution in [1.82, 2.24) is 14.9 Å². The molecule has 0 aromatic rings. The smallest absolute Gasteiger partial charge is 0.330 e. The van der Waals surface area contributed by atoms with E-state index in [2.05, 4.69) is 0 Å². The number of hydrogen-bond acceptors (Lipinski definition) is 12. The van der Waals surface area contributed by atoms with E-state index in [-0.39, 0.29) is 38.1 Å². The van der Waals surface area contributed by atoms with Crippen molar-refractivity contribution in [1.29, 1.82) is 0 Å². The van der Waals surface area contributed by atoms with E-state index in [9.17, 15) is 59.5 Å². The molecule has 2 atom stereocenters. The highest BCUT2D eigenvalue weighted by atomic mass is 32.2. The molecule has 2 unspecified atom stereocenters. The maximum absolute atomic E-state index is 13.2. The molecule has 0 bridgehead atoms. The third-order valence-electron chi connectivity index (χ3n) is 7.05. The minimum Gasteiger partial charge on any atom is -0.330 e. The summed E-state index contributed by atoms with van der Waals surface area (Å²) >= 11 is 0. The minimum atomic E-state index is -6.17. The fraction of sp³-hybridized carbons (Fsp3) is 0.550. The van der Waals surface area contributed by atoms with Gasteiger partial charge in [0.1, 0.15) is 0 Å². The predicted octanol–water partition coefficient (Wildman–Crippen LogP) is -2.47. The summed E-state index contributed by atoms with van der Waals surface area (Å²) < 4.78 is 68.7. The molecule has 17 nitrogen and oxygen atoms in total. The summed E-state index contributed by atoms with van der Waals surface area (Å²) in [5.74, 6) is -10.7. The van der Waals surface area contributed by atoms with E-state index in [0.717, 1.165) is 17.1 Å². The first-order chi connectivity index (χ1) is 18.0. The van der Waals surface area contributed by atoms with Crippen molar-refractivity contribution in [3.8, 4) is 0 Å². The predicted molar refractivity (Wildman–Crippen MR) is 120 cm³/mol. The topological polar surface area (TPSA) is 247 Å². The molecule has 1 saturated carbocycles. The van der Waals surface area contributed by atoms with Crippen LogP contribution in [0.15, 0.2) is 12.2 Å². The molecule has 6 amide bonds. The zero-order valence-corrected chi connectivity index (χ0v) is 21.4. The van der Waals surface area contributed by atoms with E-state index in [4.69, 9.17) is 4.84 Å². The molecule has 2 N–H and O–H groups in total. The van der Waals surface area contributed by atoms with Crippen LogP contribution in [0.3, 0.4) is 0 Å². The summed E-state index contributed by atoms with van der Waals surface area (Å²) in [4.78, 5) is 88.3. The highest BCUT2D eigenvalue weighted by molar-refractivity contribution is 7.92. The standard InChI is InChI=1S/C20H21N3O14S2/c24-12-5-6-13(25)21(12)9-10-1-3-11(4-2-10)18(29)37-23-17(28)16(38(31,32)33)20(19(23)30,39(34,35)36)22-14(26)7-8-15(22)27/h5-6,10-11,16H,1-4,7-9H2,(H,31,32,33)(H,34,35,36). The fourth-order valence-electron chi connectivity index (χ4n) is 5.18. The summed E-state index contributed by atoms with van der Waals surface area (Å²) in [7, 11) is -12.1. The number of hydroxylamine groups is 2. The molecule has 212 valence electrons. The van der Waals surface area contributed by atoms with E-state index in [1.165, 1.54) is 0 Å². The normalized spacial score (nSPS) is 30.2. The summed E-state index contributed by atoms with van der Waals surface area (Å²) in [5, 5.41) is -4.03. The van der Waals surface area contributed by atoms with Crippen molar-refractivity contribution in [3.63, 3.8) is 0 Å². The quantitative estimate of drug-likeness (QED) is 0.230. The first-order valence-electron chi connectivity index (χ1n) is 11.4. The average molecular weight is 592 g/mol. The largest absolute Gasteiger partial charge is 0.336 e. The van der Waals surface area contributed by atoms with Crippen molar-refractivity contribution in [2.24, 2.45) is 11.8 Å². The van der Waals surface area contributed by atoms with Crippen LogP contribution in [0.5, 0.6) is 0 Å². The van der Waals surface area contributed by atoms with Crippen LogP contribution in [0, 0.1) is 11.8 Å². The third kappa shape index (κ3) is 4.53. The Hall–Kier alpha value is -3.55. The van der Waals surface area contributed by atoms with Gasteiger partial charge in [0.15, 0.2) is 0 Å². The van der Waals surface area contributed by atoms with Gasteiger partial charge >= 0.3 is 22.0 Å². The number of carbonyl (C=O) groups excluding carboxylic acids is 7. The molecule has 39 heavy (non-hydrogen) atoms. The Morgan fingerprint density at radius 1 is 0.897 bits per heavy atom. The monoisotopic (exact) mass is 591 g/mol. The van der Waals surface area contributed by atoms with Gasteiger partial charge in [0.25, 0.3) is 32.7 Å². The lowest BCUT2D eigenvalue weighted by Crippen LogP contribution is -2.67. The number of likely N-dealkylation sites (tertiary alicyclic amines) is 1. The molecule has 2 saturated heterocycles. The van der Waals surface area contributed by atoms with Crippen LogP contribution >= 0.6 is 0 Å². The molecule has 0 aromatic heterocycles. The first kappa shape index (κ1) is 28.5. The lowest BCUT2D eigenvalue weighted by Gasteiger charge is -2.33. The molecule has 3 aliphatic heterocycles. The van der Waals surface area contributed by atoms with Crippen LogP contribution < -0.4 is 0 Å². The first-order valence-corrected chi connectivity index (χ1v) is 14.4. The number of rotatable bonds is 7. The highest BCUT2D eigenvalue weighted by Gasteiger charge is 2.78. The van der Waals surface area contributed by atoms with Crippen LogP contribution in [0.25, 0.3) is 0 Å². The summed E-state index contributed by atoms with van der Waals surface area (Å²) in [5.41, 5.74) is 0. The molecule has 19 heteroatoms. The minimum absolute atomic E-state index is 0.0671. The second-order valence-electron chi connectivity index (χ2n) is 9.38. The van der Waals surface area contributed by atoms with Gasteiger partial charge in [0, 0.05) is 31.5 Å². The highest BCUT2D eigenvalue weighted by Crippen LogP contribution is 2.42. The van der Waals surface area contributed by atoms with Crippen molar-refractivity contribution in [3.05, 3.63) is 12.2 Å². The molecule has 0 aromatic carbocycles. The van der Waals surface area contributed by atoms with Crippen molar-refractivity contribution >= 4 is 61.6 Å². The molecular formula is C20H21N3O14S2. The molecule has 3 fully saturated rings. The van der Waals surface area contributed by atoms with Crippen LogP contribution in [0.4, 0.5) is 0 Å². The van der Waals surface area contributed by atoms with Crippen LogP contribution in [0.1, 0.15) is 38.5 Å². The van der Waals surface area contributed by atoms with E-state index < -0.39 is 100 Å². The Bertz CT molecular complexity index is 1410. The fourth-order valence-corrected chi connectivity index (χ4v) is 7.98. The zero-order valence-electron chi connectivity index (χ0n) is 19.8. The van der Waals surface area contributed by atoms with Gasteiger partial charge in [-0.15, -0.1) is 0 Å². The van der Waals surface area contributed by atoms with Crippen LogP contribution in [0.2, 0.25) is 0 Å². The summed E-state index contributed by atoms with van der Waals surface area (Å²) in [6.07, 6.45) is 1.54. The average Bonchev–Trinajstić information content (AvgIpc) is 3.41. The number of nitrogens with zero attached hydrogens (tertiary/aromatic N) is 3. The van der Waals surface area contributed by atoms with Gasteiger partial charge in [0.05, 0.1) is 5.92 Å². The van der Waals surface area contributed by atoms with E-state index in [1.807, 2.05) is 0 Å². The Labute approximate surface area is 220 Å². The van der Waals surface area contributed by atoms with E-state index in [1.54, 1.807) is 0 Å². The molecule has 4 rings (SSSR count). The lowest BCUT2D eigenvalue weighted by molar-refractivity contribution is -0.202. The van der Waals surface area contributed by atoms with Gasteiger partial charge in [-0.25, -0.2) is 9.69 Å². The van der Waals surface area contributed by atoms with Crippen molar-refractivity contribution in [2.75, 3.05) is 6.54 Å². The van der Waals surface area contributed by atoms with Gasteiger partial charge in [-0.2, -0.15) is 16.8 Å². The van der Waals surface area contributed by atoms with Gasteiger partial charge in [-0.3, -0.25) is 42.8 Å². The van der Waals surface area contributed by atoms with E-state index >= 15 is 0 Å². The molecular weight excluding hydrogens is 570 g/mol. The second kappa shape index (κ2) is 9.57. The van der Waals surface area contributed by atoms with Crippen molar-refractivity contribution in [2.45, 2.75) is 48.6 Å². The SMILES string of the molecule is O=C(ON1C(=O)C(S(=O)(=O)O)C(N2C(=O)CCC2=O)(S(=O)(=O)O)C1=O)C1CCC(CN2C(=O)C=CC2=O)CC1. The lowest BCUT2D eigenvalue weighted by atomic mass is 9.82. The van der Waals surface area contributed by atoms with Crippen molar-refractivity contribution < 1.29 is 64.3 Å². The van der Waals surface area contributed by atoms with Crippen LogP contribution in [-0.2, 0) is 58.6 Å². The second-order valence-corrected chi connectivity index (χ2v) is 12.4. The van der Waals surface area contributed by atoms with Gasteiger partial charge < -0.3 is 4.84 Å². The number of amides is 6. The molecule has 4 aliphatic rings. The van der Waals surface area contributed by atoms with Gasteiger partial charge in [-0.1, -0.05) is 5.06 Å². The van der Waals surface area contributed by atoms with Crippen LogP contribution in [-0.4, -0.2) is 98.9 Å². The summed E-state index contributed by atoms with van der Waals surface area (Å²) in [6.45, 7) is 0.0837. The molecule has 0 radical (unpaired) electrons. The maximum atomic E-state index is 13.2. The Balaban J connectivity index is 1.57. The number of hydrogen-bond donors (Lipinski definition) is 2. The molecule has 0 spiro atoms. The maximum Gasteiger partial charge on any atom is 0.336 e. The van der Waals surface area contributed by atoms with E-state index in [0.29, 0.717) is 0 Å². The number of carbonyl (C=O) groups is 7. The Morgan fingerprint density at radius 2 is 1.41 bits per heavy atom. The summed E-state index contributed by atoms with van der Waals surface area (Å²) in [6, 6.07) is 0. The number of imide groups is 3. The van der Waals surface area contributed by atoms with Gasteiger partial charge in [0.2, 0.25) is 17.1 Å². The zero-order chi connectivity index (χ0) is 29.1. The Morgan fingerprint density at radius 3 is 1.87 bits per heavy atom. The molecule has 1 aliphatic carbocycles. The molecule has 3 heterocycles. The van der Waals surface area contributed by atoms with Gasteiger partial charge in [-0.05, 0) is 31.6 Å².